The van der Waals surface area contributed by atoms with Crippen molar-refractivity contribution in [1.29, 1.82) is 0 Å². The maximum Gasteiger partial charge on any atom is 0.220 e. The third-order valence-corrected chi connectivity index (χ3v) is 12.7. The number of aliphatic hydroxyl groups excluding tert-OH is 5. The molecule has 1 aliphatic rings. The molecule has 6 N–H and O–H groups in total. The lowest BCUT2D eigenvalue weighted by atomic mass is 9.99. The van der Waals surface area contributed by atoms with E-state index in [1.807, 2.05) is 6.08 Å². The summed E-state index contributed by atoms with van der Waals surface area (Å²) in [4.78, 5) is 13.0. The van der Waals surface area contributed by atoms with Gasteiger partial charge in [0, 0.05) is 6.42 Å². The Kier molecular flexibility index (Phi) is 50.8. The molecular formula is C69H107NO8. The molecule has 1 amide bonds. The molecular weight excluding hydrogens is 971 g/mol. The summed E-state index contributed by atoms with van der Waals surface area (Å²) in [6.07, 6.45) is 83.9. The average Bonchev–Trinajstić information content (AvgIpc) is 3.46. The zero-order valence-electron chi connectivity index (χ0n) is 48.3. The molecule has 0 aromatic carbocycles. The van der Waals surface area contributed by atoms with Gasteiger partial charge in [0.15, 0.2) is 6.29 Å². The molecule has 0 bridgehead atoms. The lowest BCUT2D eigenvalue weighted by Crippen LogP contribution is -2.60. The number of hydrogen-bond acceptors (Lipinski definition) is 8. The van der Waals surface area contributed by atoms with Crippen LogP contribution in [-0.4, -0.2) is 87.5 Å². The number of carbonyl (C=O) groups is 1. The van der Waals surface area contributed by atoms with Crippen LogP contribution in [0.4, 0.5) is 0 Å². The van der Waals surface area contributed by atoms with Crippen LogP contribution in [0.15, 0.2) is 182 Å². The third-order valence-electron chi connectivity index (χ3n) is 12.7. The van der Waals surface area contributed by atoms with Crippen molar-refractivity contribution in [2.75, 3.05) is 13.2 Å². The number of rotatable bonds is 48. The quantitative estimate of drug-likeness (QED) is 0.0261. The third kappa shape index (κ3) is 44.2. The van der Waals surface area contributed by atoms with Crippen molar-refractivity contribution in [3.63, 3.8) is 0 Å². The predicted octanol–water partition coefficient (Wildman–Crippen LogP) is 15.6. The second kappa shape index (κ2) is 55.6. The maximum atomic E-state index is 13.0. The van der Waals surface area contributed by atoms with Gasteiger partial charge >= 0.3 is 0 Å². The highest BCUT2D eigenvalue weighted by Crippen LogP contribution is 2.22. The van der Waals surface area contributed by atoms with Gasteiger partial charge in [-0.1, -0.05) is 228 Å². The molecule has 436 valence electrons. The Morgan fingerprint density at radius 1 is 0.449 bits per heavy atom. The second-order valence-electron chi connectivity index (χ2n) is 19.7. The van der Waals surface area contributed by atoms with Gasteiger partial charge in [-0.05, 0) is 135 Å². The molecule has 1 saturated heterocycles. The molecule has 1 rings (SSSR count). The van der Waals surface area contributed by atoms with Gasteiger partial charge in [-0.15, -0.1) is 0 Å². The molecule has 78 heavy (non-hydrogen) atoms. The molecule has 1 fully saturated rings. The van der Waals surface area contributed by atoms with E-state index >= 15 is 0 Å². The van der Waals surface area contributed by atoms with Crippen LogP contribution in [0.25, 0.3) is 0 Å². The van der Waals surface area contributed by atoms with E-state index in [1.165, 1.54) is 25.7 Å². The summed E-state index contributed by atoms with van der Waals surface area (Å²) >= 11 is 0. The first kappa shape index (κ1) is 71.3. The summed E-state index contributed by atoms with van der Waals surface area (Å²) < 4.78 is 11.2. The average molecular weight is 1080 g/mol. The summed E-state index contributed by atoms with van der Waals surface area (Å²) in [7, 11) is 0. The van der Waals surface area contributed by atoms with Crippen LogP contribution in [0.1, 0.15) is 187 Å². The van der Waals surface area contributed by atoms with Crippen molar-refractivity contribution >= 4 is 5.91 Å². The topological polar surface area (TPSA) is 149 Å². The van der Waals surface area contributed by atoms with E-state index in [0.717, 1.165) is 128 Å². The fourth-order valence-corrected chi connectivity index (χ4v) is 7.99. The van der Waals surface area contributed by atoms with E-state index in [2.05, 4.69) is 189 Å². The first-order valence-electron chi connectivity index (χ1n) is 30.0. The molecule has 9 heteroatoms. The molecule has 0 aromatic rings. The molecule has 0 radical (unpaired) electrons. The first-order chi connectivity index (χ1) is 38.3. The van der Waals surface area contributed by atoms with E-state index in [-0.39, 0.29) is 12.5 Å². The van der Waals surface area contributed by atoms with Crippen molar-refractivity contribution in [3.05, 3.63) is 182 Å². The Labute approximate surface area is 474 Å². The summed E-state index contributed by atoms with van der Waals surface area (Å²) in [6, 6.07) is -0.855. The van der Waals surface area contributed by atoms with Crippen LogP contribution in [0.2, 0.25) is 0 Å². The van der Waals surface area contributed by atoms with Crippen molar-refractivity contribution in [1.82, 2.24) is 5.32 Å². The van der Waals surface area contributed by atoms with Gasteiger partial charge in [-0.3, -0.25) is 4.79 Å². The SMILES string of the molecule is CC/C=C\C/C=C\C/C=C\C/C=C\C/C=C\C/C=C\C/C=C\C/C=C\C/C=C\C/C=C\C/C=C\C/C=C\CCCCCCC(=O)NC(COC1OC(CO)C(O)C(O)C1O)C(O)/C=C/CC/C=C/CC/C=C/CCCCCC. The number of nitrogens with one attached hydrogen (secondary N) is 1. The Morgan fingerprint density at radius 2 is 0.808 bits per heavy atom. The summed E-state index contributed by atoms with van der Waals surface area (Å²) in [6.45, 7) is 3.57. The lowest BCUT2D eigenvalue weighted by molar-refractivity contribution is -0.302. The maximum absolute atomic E-state index is 13.0. The fourth-order valence-electron chi connectivity index (χ4n) is 7.99. The van der Waals surface area contributed by atoms with Crippen LogP contribution >= 0.6 is 0 Å². The zero-order valence-corrected chi connectivity index (χ0v) is 48.3. The summed E-state index contributed by atoms with van der Waals surface area (Å²) in [5, 5.41) is 54.3. The number of aliphatic hydroxyl groups is 5. The van der Waals surface area contributed by atoms with Gasteiger partial charge in [-0.2, -0.15) is 0 Å². The minimum Gasteiger partial charge on any atom is -0.394 e. The normalized spacial score (nSPS) is 20.0. The number of carbonyl (C=O) groups excluding carboxylic acids is 1. The van der Waals surface area contributed by atoms with Crippen LogP contribution in [0.5, 0.6) is 0 Å². The van der Waals surface area contributed by atoms with Gasteiger partial charge in [-0.25, -0.2) is 0 Å². The molecule has 0 saturated carbocycles. The number of hydrogen-bond donors (Lipinski definition) is 6. The van der Waals surface area contributed by atoms with Crippen molar-refractivity contribution in [2.45, 2.75) is 230 Å². The van der Waals surface area contributed by atoms with Crippen LogP contribution in [0, 0.1) is 0 Å². The largest absolute Gasteiger partial charge is 0.394 e. The summed E-state index contributed by atoms with van der Waals surface area (Å²) in [5.74, 6) is -0.225. The molecule has 1 heterocycles. The highest BCUT2D eigenvalue weighted by molar-refractivity contribution is 5.76. The van der Waals surface area contributed by atoms with Gasteiger partial charge in [0.2, 0.25) is 5.91 Å². The Morgan fingerprint density at radius 3 is 1.22 bits per heavy atom. The first-order valence-corrected chi connectivity index (χ1v) is 30.0. The number of ether oxygens (including phenoxy) is 2. The lowest BCUT2D eigenvalue weighted by Gasteiger charge is -2.40. The highest BCUT2D eigenvalue weighted by atomic mass is 16.7. The molecule has 7 unspecified atom stereocenters. The highest BCUT2D eigenvalue weighted by Gasteiger charge is 2.44. The molecule has 1 aliphatic heterocycles. The Hall–Kier alpha value is -4.71. The minimum atomic E-state index is -1.59. The van der Waals surface area contributed by atoms with Gasteiger partial charge in [0.05, 0.1) is 25.4 Å². The molecule has 0 aliphatic carbocycles. The summed E-state index contributed by atoms with van der Waals surface area (Å²) in [5.41, 5.74) is 0. The van der Waals surface area contributed by atoms with Crippen molar-refractivity contribution in [2.24, 2.45) is 0 Å². The predicted molar refractivity (Wildman–Crippen MR) is 331 cm³/mol. The van der Waals surface area contributed by atoms with E-state index in [0.29, 0.717) is 19.3 Å². The zero-order chi connectivity index (χ0) is 56.5. The number of unbranched alkanes of at least 4 members (excludes halogenated alkanes) is 10. The van der Waals surface area contributed by atoms with Gasteiger partial charge in [0.1, 0.15) is 24.4 Å². The minimum absolute atomic E-state index is 0.225. The molecule has 7 atom stereocenters. The molecule has 9 nitrogen and oxygen atoms in total. The smallest absolute Gasteiger partial charge is 0.220 e. The Balaban J connectivity index is 2.22. The van der Waals surface area contributed by atoms with Crippen molar-refractivity contribution in [3.8, 4) is 0 Å². The van der Waals surface area contributed by atoms with Gasteiger partial charge in [0.25, 0.3) is 0 Å². The van der Waals surface area contributed by atoms with E-state index < -0.39 is 49.5 Å². The van der Waals surface area contributed by atoms with Crippen LogP contribution in [0.3, 0.4) is 0 Å². The fraction of sp³-hybridized carbons (Fsp3) is 0.551. The van der Waals surface area contributed by atoms with Crippen LogP contribution < -0.4 is 5.32 Å². The van der Waals surface area contributed by atoms with Crippen molar-refractivity contribution < 1.29 is 39.8 Å². The van der Waals surface area contributed by atoms with E-state index in [1.54, 1.807) is 6.08 Å². The monoisotopic (exact) mass is 1080 g/mol. The molecule has 0 spiro atoms. The Bertz CT molecular complexity index is 1870. The molecule has 0 aromatic heterocycles. The van der Waals surface area contributed by atoms with Crippen LogP contribution in [-0.2, 0) is 14.3 Å². The number of allylic oxidation sites excluding steroid dienone is 29. The second-order valence-corrected chi connectivity index (χ2v) is 19.7. The van der Waals surface area contributed by atoms with E-state index in [9.17, 15) is 30.3 Å². The van der Waals surface area contributed by atoms with E-state index in [4.69, 9.17) is 9.47 Å². The standard InChI is InChI=1S/C69H107NO8/c1-3-5-7-9-11-13-15-17-19-20-21-22-23-24-25-26-27-28-29-30-31-32-33-34-35-36-37-38-39-40-41-42-43-44-45-47-49-51-53-55-57-59-65(73)70-62(61-77-69-68(76)67(75)66(74)64(60-71)78-69)63(72)58-56-54-52-50-48-46-18-16-14-12-10-8-6-4-2/h5,7,11,13-14,16-17,19,21-22,24-25,27-28,30-31,33-34,36-37,39-40,42-43,45,47-48,50,56,58,62-64,66-69,71-72,74-76H,3-4,6,8-10,12,15,18,20,23,26,29,32,35,38,41,44,46,49,51-55,57,59-61H2,1-2H3,(H,70,73)/b7-5-,13-11-,16-14+,19-17-,22-21-,25-24-,28-27-,31-30-,34-33-,37-36-,40-39-,43-42-,47-45-,50-48+,58-56+. The number of amides is 1. The van der Waals surface area contributed by atoms with Gasteiger partial charge < -0.3 is 40.3 Å².